The molecule has 0 amide bonds. The maximum atomic E-state index is 12.7. The third-order valence-corrected chi connectivity index (χ3v) is 3.85. The van der Waals surface area contributed by atoms with Gasteiger partial charge in [-0.2, -0.15) is 0 Å². The number of hydrogen-bond acceptors (Lipinski definition) is 6. The van der Waals surface area contributed by atoms with E-state index in [0.29, 0.717) is 11.7 Å². The summed E-state index contributed by atoms with van der Waals surface area (Å²) in [5.74, 6) is 0.567. The summed E-state index contributed by atoms with van der Waals surface area (Å²) in [6.07, 6.45) is 0. The Balaban J connectivity index is 1.98. The molecule has 0 aliphatic carbocycles. The maximum absolute atomic E-state index is 12.7. The molecule has 0 atom stereocenters. The molecule has 4 nitrogen and oxygen atoms in total. The van der Waals surface area contributed by atoms with Crippen molar-refractivity contribution < 1.29 is 4.39 Å². The van der Waals surface area contributed by atoms with Gasteiger partial charge in [0.05, 0.1) is 0 Å². The molecule has 0 fully saturated rings. The van der Waals surface area contributed by atoms with Crippen LogP contribution in [0, 0.1) is 5.82 Å². The number of aromatic nitrogens is 2. The van der Waals surface area contributed by atoms with Crippen LogP contribution in [0.4, 0.5) is 15.2 Å². The summed E-state index contributed by atoms with van der Waals surface area (Å²) < 4.78 is 13.6. The van der Waals surface area contributed by atoms with Gasteiger partial charge in [0.1, 0.15) is 5.82 Å². The number of halogens is 1. The van der Waals surface area contributed by atoms with E-state index in [2.05, 4.69) is 15.5 Å². The highest BCUT2D eigenvalue weighted by Crippen LogP contribution is 2.27. The highest BCUT2D eigenvalue weighted by molar-refractivity contribution is 8.01. The zero-order valence-electron chi connectivity index (χ0n) is 8.89. The van der Waals surface area contributed by atoms with Gasteiger partial charge in [-0.05, 0) is 24.3 Å². The lowest BCUT2D eigenvalue weighted by molar-refractivity contribution is 0.628. The van der Waals surface area contributed by atoms with Gasteiger partial charge in [-0.1, -0.05) is 23.1 Å². The van der Waals surface area contributed by atoms with Crippen LogP contribution in [0.5, 0.6) is 0 Å². The molecular weight excluding hydrogens is 259 g/mol. The Morgan fingerprint density at radius 2 is 2.06 bits per heavy atom. The molecule has 3 N–H and O–H groups in total. The lowest BCUT2D eigenvalue weighted by Crippen LogP contribution is -2.00. The molecule has 7 heteroatoms. The first-order chi connectivity index (χ1) is 8.28. The Hall–Kier alpha value is -1.18. The summed E-state index contributed by atoms with van der Waals surface area (Å²) in [5, 5.41) is 11.7. The van der Waals surface area contributed by atoms with E-state index < -0.39 is 0 Å². The van der Waals surface area contributed by atoms with Crippen LogP contribution in [0.25, 0.3) is 0 Å². The van der Waals surface area contributed by atoms with Gasteiger partial charge >= 0.3 is 0 Å². The summed E-state index contributed by atoms with van der Waals surface area (Å²) in [6.45, 7) is 0.616. The summed E-state index contributed by atoms with van der Waals surface area (Å²) >= 11 is 3.03. The first kappa shape index (κ1) is 12.3. The Bertz CT molecular complexity index is 471. The second-order valence-electron chi connectivity index (χ2n) is 3.14. The van der Waals surface area contributed by atoms with E-state index in [0.717, 1.165) is 15.8 Å². The van der Waals surface area contributed by atoms with Crippen LogP contribution in [-0.4, -0.2) is 22.5 Å². The fourth-order valence-corrected chi connectivity index (χ4v) is 2.73. The Morgan fingerprint density at radius 3 is 2.76 bits per heavy atom. The number of nitrogens with two attached hydrogens (primary N) is 1. The molecule has 17 heavy (non-hydrogen) atoms. The molecule has 0 bridgehead atoms. The second kappa shape index (κ2) is 5.95. The largest absolute Gasteiger partial charge is 0.330 e. The van der Waals surface area contributed by atoms with E-state index in [-0.39, 0.29) is 5.82 Å². The second-order valence-corrected chi connectivity index (χ2v) is 5.46. The van der Waals surface area contributed by atoms with Crippen LogP contribution in [-0.2, 0) is 0 Å². The van der Waals surface area contributed by atoms with Crippen molar-refractivity contribution in [2.45, 2.75) is 4.34 Å². The van der Waals surface area contributed by atoms with Crippen LogP contribution in [0.2, 0.25) is 0 Å². The standard InChI is InChI=1S/C10H11FN4S2/c11-7-1-3-8(4-2-7)13-9-14-15-10(17-9)16-6-5-12/h1-4H,5-6,12H2,(H,13,14). The average molecular weight is 270 g/mol. The first-order valence-corrected chi connectivity index (χ1v) is 6.77. The minimum absolute atomic E-state index is 0.257. The number of hydrogen-bond donors (Lipinski definition) is 2. The Morgan fingerprint density at radius 1 is 1.29 bits per heavy atom. The number of anilines is 2. The maximum Gasteiger partial charge on any atom is 0.210 e. The zero-order valence-corrected chi connectivity index (χ0v) is 10.5. The quantitative estimate of drug-likeness (QED) is 0.817. The molecular formula is C10H11FN4S2. The number of nitrogens with zero attached hydrogens (tertiary/aromatic N) is 2. The van der Waals surface area contributed by atoms with Gasteiger partial charge in [0.25, 0.3) is 0 Å². The van der Waals surface area contributed by atoms with Crippen molar-refractivity contribution in [3.05, 3.63) is 30.1 Å². The zero-order chi connectivity index (χ0) is 12.1. The molecule has 0 aliphatic rings. The lowest BCUT2D eigenvalue weighted by atomic mass is 10.3. The number of rotatable bonds is 5. The Kier molecular flexibility index (Phi) is 4.29. The van der Waals surface area contributed by atoms with Gasteiger partial charge in [0, 0.05) is 18.0 Å². The van der Waals surface area contributed by atoms with Crippen molar-refractivity contribution in [3.8, 4) is 0 Å². The monoisotopic (exact) mass is 270 g/mol. The minimum atomic E-state index is -0.257. The van der Waals surface area contributed by atoms with Crippen LogP contribution < -0.4 is 11.1 Å². The minimum Gasteiger partial charge on any atom is -0.330 e. The van der Waals surface area contributed by atoms with E-state index >= 15 is 0 Å². The molecule has 0 saturated carbocycles. The number of benzene rings is 1. The van der Waals surface area contributed by atoms with Crippen molar-refractivity contribution in [3.63, 3.8) is 0 Å². The third kappa shape index (κ3) is 3.65. The van der Waals surface area contributed by atoms with Crippen LogP contribution in [0.3, 0.4) is 0 Å². The van der Waals surface area contributed by atoms with E-state index in [1.807, 2.05) is 0 Å². The van der Waals surface area contributed by atoms with E-state index in [9.17, 15) is 4.39 Å². The number of thioether (sulfide) groups is 1. The predicted molar refractivity (Wildman–Crippen MR) is 69.4 cm³/mol. The summed E-state index contributed by atoms with van der Waals surface area (Å²) in [4.78, 5) is 0. The molecule has 2 rings (SSSR count). The van der Waals surface area contributed by atoms with Crippen LogP contribution in [0.15, 0.2) is 28.6 Å². The van der Waals surface area contributed by atoms with Gasteiger partial charge in [0.2, 0.25) is 5.13 Å². The van der Waals surface area contributed by atoms with E-state index in [1.165, 1.54) is 23.5 Å². The molecule has 1 aromatic heterocycles. The molecule has 90 valence electrons. The summed E-state index contributed by atoms with van der Waals surface area (Å²) in [5.41, 5.74) is 6.20. The predicted octanol–water partition coefficient (Wildman–Crippen LogP) is 2.47. The molecule has 2 aromatic rings. The number of nitrogens with one attached hydrogen (secondary N) is 1. The van der Waals surface area contributed by atoms with E-state index in [1.54, 1.807) is 23.9 Å². The van der Waals surface area contributed by atoms with Gasteiger partial charge in [-0.25, -0.2) is 4.39 Å². The molecule has 0 spiro atoms. The average Bonchev–Trinajstić information content (AvgIpc) is 2.77. The Labute approximate surface area is 106 Å². The first-order valence-electron chi connectivity index (χ1n) is 4.97. The van der Waals surface area contributed by atoms with Crippen LogP contribution >= 0.6 is 23.1 Å². The summed E-state index contributed by atoms with van der Waals surface area (Å²) in [6, 6.07) is 6.10. The van der Waals surface area contributed by atoms with Crippen molar-refractivity contribution >= 4 is 33.9 Å². The van der Waals surface area contributed by atoms with E-state index in [4.69, 9.17) is 5.73 Å². The van der Waals surface area contributed by atoms with Crippen molar-refractivity contribution in [2.24, 2.45) is 5.73 Å². The highest BCUT2D eigenvalue weighted by atomic mass is 32.2. The normalized spacial score (nSPS) is 10.5. The molecule has 0 saturated heterocycles. The fraction of sp³-hybridized carbons (Fsp3) is 0.200. The molecule has 0 aliphatic heterocycles. The summed E-state index contributed by atoms with van der Waals surface area (Å²) in [7, 11) is 0. The SMILES string of the molecule is NCCSc1nnc(Nc2ccc(F)cc2)s1. The smallest absolute Gasteiger partial charge is 0.210 e. The topological polar surface area (TPSA) is 63.8 Å². The van der Waals surface area contributed by atoms with Gasteiger partial charge in [0.15, 0.2) is 4.34 Å². The fourth-order valence-electron chi connectivity index (χ4n) is 1.12. The van der Waals surface area contributed by atoms with Gasteiger partial charge < -0.3 is 11.1 Å². The van der Waals surface area contributed by atoms with Crippen LogP contribution in [0.1, 0.15) is 0 Å². The molecule has 0 radical (unpaired) electrons. The molecule has 0 unspecified atom stereocenters. The lowest BCUT2D eigenvalue weighted by Gasteiger charge is -2.00. The van der Waals surface area contributed by atoms with Crippen molar-refractivity contribution in [2.75, 3.05) is 17.6 Å². The van der Waals surface area contributed by atoms with Crippen molar-refractivity contribution in [1.82, 2.24) is 10.2 Å². The third-order valence-electron chi connectivity index (χ3n) is 1.85. The highest BCUT2D eigenvalue weighted by Gasteiger charge is 2.04. The molecule has 1 heterocycles. The molecule has 1 aromatic carbocycles. The van der Waals surface area contributed by atoms with Gasteiger partial charge in [-0.3, -0.25) is 0 Å². The van der Waals surface area contributed by atoms with Crippen molar-refractivity contribution in [1.29, 1.82) is 0 Å². The van der Waals surface area contributed by atoms with Gasteiger partial charge in [-0.15, -0.1) is 10.2 Å².